The van der Waals surface area contributed by atoms with Gasteiger partial charge in [-0.05, 0) is 29.9 Å². The van der Waals surface area contributed by atoms with Gasteiger partial charge in [-0.3, -0.25) is 9.69 Å². The summed E-state index contributed by atoms with van der Waals surface area (Å²) in [4.78, 5) is 15.2. The molecule has 7 nitrogen and oxygen atoms in total. The molecule has 3 aromatic rings. The smallest absolute Gasteiger partial charge is 0.233 e. The maximum absolute atomic E-state index is 12.8. The third kappa shape index (κ3) is 5.80. The van der Waals surface area contributed by atoms with E-state index in [1.165, 1.54) is 27.6 Å². The molecule has 8 heteroatoms. The van der Waals surface area contributed by atoms with Crippen molar-refractivity contribution in [2.45, 2.75) is 62.5 Å². The van der Waals surface area contributed by atoms with Crippen LogP contribution in [0.25, 0.3) is 11.4 Å². The lowest BCUT2D eigenvalue weighted by atomic mass is 9.87. The molecule has 2 aromatic carbocycles. The zero-order valence-electron chi connectivity index (χ0n) is 20.4. The monoisotopic (exact) mass is 478 g/mol. The number of thioether (sulfide) groups is 1. The minimum atomic E-state index is -0.328. The van der Waals surface area contributed by atoms with Crippen LogP contribution in [0.5, 0.6) is 0 Å². The zero-order chi connectivity index (χ0) is 24.3. The number of nitrogens with one attached hydrogen (secondary N) is 1. The number of nitrogens with zero attached hydrogens (tertiary/aromatic N) is 4. The van der Waals surface area contributed by atoms with E-state index in [1.807, 2.05) is 25.1 Å². The van der Waals surface area contributed by atoms with Crippen molar-refractivity contribution in [2.75, 3.05) is 18.9 Å². The molecule has 0 saturated carbocycles. The number of aromatic nitrogens is 3. The van der Waals surface area contributed by atoms with Gasteiger partial charge in [-0.25, -0.2) is 4.68 Å². The van der Waals surface area contributed by atoms with Gasteiger partial charge in [0.15, 0.2) is 5.82 Å². The van der Waals surface area contributed by atoms with E-state index in [2.05, 4.69) is 77.6 Å². The zero-order valence-corrected chi connectivity index (χ0v) is 21.2. The first-order valence-electron chi connectivity index (χ1n) is 11.8. The molecule has 0 bridgehead atoms. The van der Waals surface area contributed by atoms with Crippen molar-refractivity contribution >= 4 is 17.7 Å². The molecule has 180 valence electrons. The number of carbonyl (C=O) groups excluding carboxylic acids is 1. The van der Waals surface area contributed by atoms with Gasteiger partial charge in [0.1, 0.15) is 0 Å². The number of likely N-dealkylation sites (tertiary alicyclic amines) is 1. The number of carbonyl (C=O) groups is 1. The van der Waals surface area contributed by atoms with Crippen LogP contribution < -0.4 is 11.2 Å². The Hall–Kier alpha value is -2.84. The van der Waals surface area contributed by atoms with Crippen LogP contribution in [0.1, 0.15) is 45.2 Å². The van der Waals surface area contributed by atoms with Gasteiger partial charge < -0.3 is 11.2 Å². The lowest BCUT2D eigenvalue weighted by molar-refractivity contribution is -0.120. The molecule has 1 saturated heterocycles. The van der Waals surface area contributed by atoms with E-state index in [4.69, 9.17) is 5.84 Å². The molecular formula is C26H34N6OS. The number of nitrogen functional groups attached to an aromatic ring is 1. The molecule has 2 unspecified atom stereocenters. The lowest BCUT2D eigenvalue weighted by Gasteiger charge is -2.19. The van der Waals surface area contributed by atoms with Crippen LogP contribution in [-0.4, -0.2) is 50.1 Å². The number of nitrogens with two attached hydrogens (primary N) is 1. The summed E-state index contributed by atoms with van der Waals surface area (Å²) >= 11 is 1.33. The van der Waals surface area contributed by atoms with Crippen molar-refractivity contribution in [3.63, 3.8) is 0 Å². The number of hydrogen-bond donors (Lipinski definition) is 2. The molecule has 1 aliphatic heterocycles. The second kappa shape index (κ2) is 10.2. The third-order valence-corrected chi connectivity index (χ3v) is 7.25. The van der Waals surface area contributed by atoms with Gasteiger partial charge in [0.2, 0.25) is 11.1 Å². The van der Waals surface area contributed by atoms with Crippen molar-refractivity contribution in [3.8, 4) is 11.4 Å². The van der Waals surface area contributed by atoms with Gasteiger partial charge in [-0.15, -0.1) is 10.2 Å². The number of amides is 1. The third-order valence-electron chi connectivity index (χ3n) is 6.19. The number of hydrogen-bond acceptors (Lipinski definition) is 6. The predicted molar refractivity (Wildman–Crippen MR) is 138 cm³/mol. The molecule has 2 atom stereocenters. The second-order valence-corrected chi connectivity index (χ2v) is 11.3. The van der Waals surface area contributed by atoms with Crippen molar-refractivity contribution in [2.24, 2.45) is 0 Å². The minimum Gasteiger partial charge on any atom is -0.351 e. The first-order chi connectivity index (χ1) is 16.2. The fourth-order valence-electron chi connectivity index (χ4n) is 4.14. The molecule has 2 heterocycles. The molecule has 34 heavy (non-hydrogen) atoms. The largest absolute Gasteiger partial charge is 0.351 e. The van der Waals surface area contributed by atoms with Crippen LogP contribution >= 0.6 is 11.8 Å². The Morgan fingerprint density at radius 3 is 2.53 bits per heavy atom. The van der Waals surface area contributed by atoms with Crippen molar-refractivity contribution in [1.29, 1.82) is 0 Å². The van der Waals surface area contributed by atoms with Gasteiger partial charge in [0.25, 0.3) is 0 Å². The van der Waals surface area contributed by atoms with Crippen molar-refractivity contribution in [1.82, 2.24) is 25.1 Å². The van der Waals surface area contributed by atoms with Gasteiger partial charge in [0, 0.05) is 31.2 Å². The van der Waals surface area contributed by atoms with Crippen LogP contribution in [0.15, 0.2) is 59.8 Å². The Morgan fingerprint density at radius 1 is 1.15 bits per heavy atom. The average Bonchev–Trinajstić information content (AvgIpc) is 3.40. The van der Waals surface area contributed by atoms with E-state index in [0.717, 1.165) is 31.6 Å². The Kier molecular flexibility index (Phi) is 7.28. The highest BCUT2D eigenvalue weighted by molar-refractivity contribution is 8.00. The summed E-state index contributed by atoms with van der Waals surface area (Å²) in [5.41, 5.74) is 3.52. The van der Waals surface area contributed by atoms with E-state index in [9.17, 15) is 4.79 Å². The summed E-state index contributed by atoms with van der Waals surface area (Å²) in [6.45, 7) is 11.2. The average molecular weight is 479 g/mol. The van der Waals surface area contributed by atoms with Crippen LogP contribution in [0.2, 0.25) is 0 Å². The summed E-state index contributed by atoms with van der Waals surface area (Å²) in [7, 11) is 0. The molecule has 0 spiro atoms. The molecule has 1 aliphatic rings. The predicted octanol–water partition coefficient (Wildman–Crippen LogP) is 3.83. The van der Waals surface area contributed by atoms with Crippen LogP contribution in [-0.2, 0) is 16.8 Å². The van der Waals surface area contributed by atoms with Gasteiger partial charge in [-0.2, -0.15) is 0 Å². The van der Waals surface area contributed by atoms with Crippen molar-refractivity contribution < 1.29 is 4.79 Å². The van der Waals surface area contributed by atoms with E-state index in [0.29, 0.717) is 11.0 Å². The summed E-state index contributed by atoms with van der Waals surface area (Å²) in [5, 5.41) is 11.9. The van der Waals surface area contributed by atoms with Crippen LogP contribution in [0.4, 0.5) is 0 Å². The summed E-state index contributed by atoms with van der Waals surface area (Å²) in [6.07, 6.45) is 0.956. The lowest BCUT2D eigenvalue weighted by Crippen LogP contribution is -2.41. The first kappa shape index (κ1) is 24.3. The number of rotatable bonds is 7. The molecule has 0 radical (unpaired) electrons. The molecule has 4 rings (SSSR count). The van der Waals surface area contributed by atoms with E-state index in [-0.39, 0.29) is 22.6 Å². The fourth-order valence-corrected chi connectivity index (χ4v) is 4.92. The molecule has 1 amide bonds. The first-order valence-corrected chi connectivity index (χ1v) is 12.6. The highest BCUT2D eigenvalue weighted by Crippen LogP contribution is 2.28. The van der Waals surface area contributed by atoms with Crippen LogP contribution in [0.3, 0.4) is 0 Å². The Bertz CT molecular complexity index is 1110. The summed E-state index contributed by atoms with van der Waals surface area (Å²) < 4.78 is 1.47. The van der Waals surface area contributed by atoms with Crippen LogP contribution in [0, 0.1) is 0 Å². The van der Waals surface area contributed by atoms with Gasteiger partial charge in [-0.1, -0.05) is 87.1 Å². The Balaban J connectivity index is 1.32. The molecule has 1 fully saturated rings. The van der Waals surface area contributed by atoms with E-state index < -0.39 is 0 Å². The van der Waals surface area contributed by atoms with E-state index >= 15 is 0 Å². The topological polar surface area (TPSA) is 89.1 Å². The summed E-state index contributed by atoms with van der Waals surface area (Å²) in [6, 6.07) is 18.8. The second-order valence-electron chi connectivity index (χ2n) is 9.98. The maximum Gasteiger partial charge on any atom is 0.233 e. The normalized spacial score (nSPS) is 17.6. The standard InChI is InChI=1S/C26H34N6OS/c1-18(24(33)28-22-14-15-31(17-22)16-19-8-6-5-7-9-19)34-25-30-29-23(32(25)27)20-10-12-21(13-11-20)26(2,3)4/h5-13,18,22H,14-17,27H2,1-4H3,(H,28,33). The summed E-state index contributed by atoms with van der Waals surface area (Å²) in [5.74, 6) is 6.88. The Morgan fingerprint density at radius 2 is 1.85 bits per heavy atom. The van der Waals surface area contributed by atoms with Gasteiger partial charge in [0.05, 0.1) is 5.25 Å². The molecule has 0 aliphatic carbocycles. The fraction of sp³-hybridized carbons (Fsp3) is 0.423. The quantitative estimate of drug-likeness (QED) is 0.396. The SMILES string of the molecule is CC(Sc1nnc(-c2ccc(C(C)(C)C)cc2)n1N)C(=O)NC1CCN(Cc2ccccc2)C1. The molecular weight excluding hydrogens is 444 g/mol. The van der Waals surface area contributed by atoms with Gasteiger partial charge >= 0.3 is 0 Å². The van der Waals surface area contributed by atoms with Crippen molar-refractivity contribution in [3.05, 3.63) is 65.7 Å². The van der Waals surface area contributed by atoms with E-state index in [1.54, 1.807) is 0 Å². The highest BCUT2D eigenvalue weighted by atomic mass is 32.2. The molecule has 3 N–H and O–H groups in total. The maximum atomic E-state index is 12.8. The minimum absolute atomic E-state index is 0.00404. The Labute approximate surface area is 206 Å². The number of benzene rings is 2. The molecule has 1 aromatic heterocycles. The highest BCUT2D eigenvalue weighted by Gasteiger charge is 2.27.